The van der Waals surface area contributed by atoms with E-state index >= 15 is 0 Å². The van der Waals surface area contributed by atoms with E-state index in [0.717, 1.165) is 43.2 Å². The van der Waals surface area contributed by atoms with E-state index in [-0.39, 0.29) is 29.2 Å². The SMILES string of the molecule is CNC1c2ccccc2CCC1C(=O)N[C@H](Cc1ccc(Cl)cc1)C(=O)N1CCC(CN2CCC(C)(C)S2(=O)=O)(C2CCCCC2)CC1. The van der Waals surface area contributed by atoms with Gasteiger partial charge in [0, 0.05) is 43.7 Å². The van der Waals surface area contributed by atoms with Crippen molar-refractivity contribution in [2.45, 2.75) is 101 Å². The molecule has 2 aromatic carbocycles. The van der Waals surface area contributed by atoms with Gasteiger partial charge in [-0.3, -0.25) is 9.59 Å². The minimum absolute atomic E-state index is 0.0670. The van der Waals surface area contributed by atoms with Crippen molar-refractivity contribution in [3.05, 3.63) is 70.2 Å². The number of amides is 2. The number of piperidine rings is 1. The fourth-order valence-corrected chi connectivity index (χ4v) is 11.0. The van der Waals surface area contributed by atoms with Gasteiger partial charge in [0.15, 0.2) is 0 Å². The molecule has 2 saturated heterocycles. The van der Waals surface area contributed by atoms with Gasteiger partial charge >= 0.3 is 0 Å². The Hall–Kier alpha value is -2.46. The van der Waals surface area contributed by atoms with Gasteiger partial charge in [-0.05, 0) is 106 Å². The van der Waals surface area contributed by atoms with Crippen LogP contribution in [0.2, 0.25) is 5.02 Å². The van der Waals surface area contributed by atoms with Crippen LogP contribution in [0.1, 0.15) is 94.4 Å². The Bertz CT molecular complexity index is 1570. The number of likely N-dealkylation sites (tertiary alicyclic amines) is 1. The second kappa shape index (κ2) is 14.4. The van der Waals surface area contributed by atoms with Crippen molar-refractivity contribution in [3.8, 4) is 0 Å². The number of hydrogen-bond donors (Lipinski definition) is 2. The first-order valence-corrected chi connectivity index (χ1v) is 19.8. The van der Waals surface area contributed by atoms with Crippen LogP contribution in [-0.2, 0) is 32.5 Å². The molecule has 0 aromatic heterocycles. The van der Waals surface area contributed by atoms with E-state index in [4.69, 9.17) is 11.6 Å². The average molecular weight is 697 g/mol. The number of benzene rings is 2. The van der Waals surface area contributed by atoms with Crippen molar-refractivity contribution in [2.75, 3.05) is 33.2 Å². The number of halogens is 1. The topological polar surface area (TPSA) is 98.8 Å². The van der Waals surface area contributed by atoms with Gasteiger partial charge in [-0.15, -0.1) is 0 Å². The summed E-state index contributed by atoms with van der Waals surface area (Å²) in [4.78, 5) is 30.4. The maximum atomic E-state index is 14.4. The van der Waals surface area contributed by atoms with E-state index in [0.29, 0.717) is 56.4 Å². The summed E-state index contributed by atoms with van der Waals surface area (Å²) in [6.07, 6.45) is 9.95. The molecule has 6 rings (SSSR count). The van der Waals surface area contributed by atoms with Crippen LogP contribution >= 0.6 is 11.6 Å². The van der Waals surface area contributed by atoms with Gasteiger partial charge in [-0.1, -0.05) is 67.3 Å². The Morgan fingerprint density at radius 1 is 0.938 bits per heavy atom. The van der Waals surface area contributed by atoms with Crippen LogP contribution in [-0.4, -0.2) is 73.5 Å². The number of nitrogens with zero attached hydrogens (tertiary/aromatic N) is 2. The monoisotopic (exact) mass is 696 g/mol. The predicted octanol–water partition coefficient (Wildman–Crippen LogP) is 5.89. The number of aryl methyl sites for hydroxylation is 1. The van der Waals surface area contributed by atoms with Crippen molar-refractivity contribution in [1.29, 1.82) is 0 Å². The molecule has 8 nitrogen and oxygen atoms in total. The van der Waals surface area contributed by atoms with Crippen LogP contribution in [0.15, 0.2) is 48.5 Å². The number of rotatable bonds is 9. The highest BCUT2D eigenvalue weighted by atomic mass is 35.5. The molecule has 4 aliphatic rings. The van der Waals surface area contributed by atoms with Crippen LogP contribution in [0.4, 0.5) is 0 Å². The Balaban J connectivity index is 1.21. The fourth-order valence-electron chi connectivity index (χ4n) is 9.04. The lowest BCUT2D eigenvalue weighted by molar-refractivity contribution is -0.140. The highest BCUT2D eigenvalue weighted by molar-refractivity contribution is 7.90. The first kappa shape index (κ1) is 35.4. The minimum Gasteiger partial charge on any atom is -0.344 e. The zero-order chi connectivity index (χ0) is 34.1. The molecular formula is C38H53ClN4O4S. The lowest BCUT2D eigenvalue weighted by Crippen LogP contribution is -2.57. The highest BCUT2D eigenvalue weighted by Crippen LogP contribution is 2.48. The number of nitrogens with one attached hydrogen (secondary N) is 2. The predicted molar refractivity (Wildman–Crippen MR) is 191 cm³/mol. The van der Waals surface area contributed by atoms with E-state index < -0.39 is 20.8 Å². The van der Waals surface area contributed by atoms with Crippen molar-refractivity contribution in [3.63, 3.8) is 0 Å². The number of sulfonamides is 1. The zero-order valence-corrected chi connectivity index (χ0v) is 30.4. The maximum Gasteiger partial charge on any atom is 0.245 e. The smallest absolute Gasteiger partial charge is 0.245 e. The summed E-state index contributed by atoms with van der Waals surface area (Å²) in [5.74, 6) is -0.00806. The van der Waals surface area contributed by atoms with Crippen molar-refractivity contribution in [1.82, 2.24) is 19.8 Å². The molecule has 2 aliphatic heterocycles. The molecule has 0 spiro atoms. The van der Waals surface area contributed by atoms with Gasteiger partial charge in [0.25, 0.3) is 0 Å². The number of carbonyl (C=O) groups is 2. The zero-order valence-electron chi connectivity index (χ0n) is 28.8. The maximum absolute atomic E-state index is 14.4. The highest BCUT2D eigenvalue weighted by Gasteiger charge is 2.51. The van der Waals surface area contributed by atoms with Gasteiger partial charge in [0.2, 0.25) is 21.8 Å². The molecule has 2 unspecified atom stereocenters. The van der Waals surface area contributed by atoms with E-state index in [2.05, 4.69) is 22.8 Å². The summed E-state index contributed by atoms with van der Waals surface area (Å²) < 4.78 is 28.1. The third-order valence-corrected chi connectivity index (χ3v) is 15.0. The molecule has 262 valence electrons. The lowest BCUT2D eigenvalue weighted by Gasteiger charge is -2.50. The van der Waals surface area contributed by atoms with Crippen molar-refractivity contribution < 1.29 is 18.0 Å². The first-order chi connectivity index (χ1) is 22.9. The normalized spacial score (nSPS) is 26.0. The van der Waals surface area contributed by atoms with Gasteiger partial charge in [-0.2, -0.15) is 0 Å². The fraction of sp³-hybridized carbons (Fsp3) is 0.632. The molecule has 2 aromatic rings. The summed E-state index contributed by atoms with van der Waals surface area (Å²) >= 11 is 6.18. The van der Waals surface area contributed by atoms with E-state index in [1.54, 1.807) is 4.31 Å². The third kappa shape index (κ3) is 7.07. The van der Waals surface area contributed by atoms with Crippen LogP contribution in [0.25, 0.3) is 0 Å². The summed E-state index contributed by atoms with van der Waals surface area (Å²) in [5.41, 5.74) is 3.20. The first-order valence-electron chi connectivity index (χ1n) is 18.0. The standard InChI is InChI=1S/C38H53ClN4O4S/c1-37(2)19-24-43(48(37,46)47)26-38(29-10-5-4-6-11-29)20-22-42(23-21-38)36(45)33(25-27-13-16-30(39)17-14-27)41-35(44)32-18-15-28-9-7-8-12-31(28)34(32)40-3/h7-9,12-14,16-17,29,32-34,40H,4-6,10-11,15,18-26H2,1-3H3,(H,41,44)/t32?,33-,34?/m1/s1. The molecular weight excluding hydrogens is 644 g/mol. The molecule has 0 radical (unpaired) electrons. The molecule has 2 N–H and O–H groups in total. The van der Waals surface area contributed by atoms with E-state index in [1.807, 2.05) is 62.2 Å². The van der Waals surface area contributed by atoms with E-state index in [9.17, 15) is 18.0 Å². The molecule has 1 saturated carbocycles. The Morgan fingerprint density at radius 2 is 1.62 bits per heavy atom. The average Bonchev–Trinajstić information content (AvgIpc) is 3.30. The number of fused-ring (bicyclic) bond motifs is 1. The second-order valence-corrected chi connectivity index (χ2v) is 18.4. The quantitative estimate of drug-likeness (QED) is 0.341. The van der Waals surface area contributed by atoms with Gasteiger partial charge < -0.3 is 15.5 Å². The number of hydrogen-bond acceptors (Lipinski definition) is 5. The van der Waals surface area contributed by atoms with Crippen LogP contribution < -0.4 is 10.6 Å². The van der Waals surface area contributed by atoms with Crippen molar-refractivity contribution in [2.24, 2.45) is 17.3 Å². The van der Waals surface area contributed by atoms with Gasteiger partial charge in [-0.25, -0.2) is 12.7 Å². The third-order valence-electron chi connectivity index (χ3n) is 12.2. The van der Waals surface area contributed by atoms with Crippen LogP contribution in [0, 0.1) is 17.3 Å². The molecule has 3 fully saturated rings. The van der Waals surface area contributed by atoms with Crippen molar-refractivity contribution >= 4 is 33.4 Å². The molecule has 2 heterocycles. The van der Waals surface area contributed by atoms with E-state index in [1.165, 1.54) is 24.8 Å². The molecule has 0 bridgehead atoms. The van der Waals surface area contributed by atoms with Gasteiger partial charge in [0.05, 0.1) is 10.7 Å². The summed E-state index contributed by atoms with van der Waals surface area (Å²) in [7, 11) is -1.49. The second-order valence-electron chi connectivity index (χ2n) is 15.4. The largest absolute Gasteiger partial charge is 0.344 e. The summed E-state index contributed by atoms with van der Waals surface area (Å²) in [5, 5.41) is 7.22. The molecule has 3 atom stereocenters. The van der Waals surface area contributed by atoms with Gasteiger partial charge in [0.1, 0.15) is 6.04 Å². The summed E-state index contributed by atoms with van der Waals surface area (Å²) in [6.45, 7) is 5.94. The molecule has 48 heavy (non-hydrogen) atoms. The molecule has 10 heteroatoms. The molecule has 2 amide bonds. The Morgan fingerprint density at radius 3 is 2.27 bits per heavy atom. The molecule has 2 aliphatic carbocycles. The lowest BCUT2D eigenvalue weighted by atomic mass is 9.63. The Kier molecular flexibility index (Phi) is 10.6. The number of carbonyl (C=O) groups excluding carboxylic acids is 2. The Labute approximate surface area is 292 Å². The minimum atomic E-state index is -3.38. The van der Waals surface area contributed by atoms with Crippen LogP contribution in [0.5, 0.6) is 0 Å². The van der Waals surface area contributed by atoms with Crippen LogP contribution in [0.3, 0.4) is 0 Å². The summed E-state index contributed by atoms with van der Waals surface area (Å²) in [6, 6.07) is 14.9.